The first kappa shape index (κ1) is 43.1. The number of hydrogen-bond acceptors (Lipinski definition) is 9. The van der Waals surface area contributed by atoms with Gasteiger partial charge in [0.2, 0.25) is 20.0 Å². The van der Waals surface area contributed by atoms with Crippen LogP contribution in [-0.2, 0) is 32.9 Å². The summed E-state index contributed by atoms with van der Waals surface area (Å²) < 4.78 is 62.5. The summed E-state index contributed by atoms with van der Waals surface area (Å²) >= 11 is 3.13. The van der Waals surface area contributed by atoms with E-state index in [1.165, 1.54) is 8.61 Å². The third-order valence-electron chi connectivity index (χ3n) is 10.6. The molecule has 0 radical (unpaired) electrons. The van der Waals surface area contributed by atoms with Crippen molar-refractivity contribution >= 4 is 42.7 Å². The molecule has 0 aliphatic rings. The molecule has 0 aliphatic carbocycles. The van der Waals surface area contributed by atoms with Crippen LogP contribution in [0.4, 0.5) is 0 Å². The van der Waals surface area contributed by atoms with E-state index in [1.807, 2.05) is 110 Å². The predicted molar refractivity (Wildman–Crippen MR) is 243 cm³/mol. The van der Waals surface area contributed by atoms with Gasteiger partial charge in [0, 0.05) is 60.1 Å². The predicted octanol–water partition coefficient (Wildman–Crippen LogP) is 10.00. The highest BCUT2D eigenvalue weighted by atomic mass is 32.2. The molecule has 0 fully saturated rings. The van der Waals surface area contributed by atoms with Gasteiger partial charge in [-0.3, -0.25) is 0 Å². The molecule has 7 aromatic rings. The van der Waals surface area contributed by atoms with Gasteiger partial charge in [-0.25, -0.2) is 26.8 Å². The van der Waals surface area contributed by atoms with Gasteiger partial charge in [-0.05, 0) is 53.4 Å². The third-order valence-corrected chi connectivity index (χ3v) is 16.4. The van der Waals surface area contributed by atoms with Crippen molar-refractivity contribution < 1.29 is 21.6 Å². The quantitative estimate of drug-likeness (QED) is 0.0845. The average molecular weight is 877 g/mol. The molecule has 13 heteroatoms. The first-order valence-corrected chi connectivity index (χ1v) is 24.6. The molecule has 0 saturated heterocycles. The number of benzene rings is 5. The van der Waals surface area contributed by atoms with Gasteiger partial charge in [-0.15, -0.1) is 22.7 Å². The molecule has 7 rings (SSSR count). The second kappa shape index (κ2) is 19.1. The molecule has 5 aromatic carbocycles. The fraction of sp³-hybridized carbons (Fsp3) is 0.234. The van der Waals surface area contributed by atoms with Crippen LogP contribution in [-0.4, -0.2) is 68.7 Å². The molecule has 0 saturated carbocycles. The van der Waals surface area contributed by atoms with E-state index in [1.54, 1.807) is 54.0 Å². The number of thiazole rings is 2. The standard InChI is InChI=1S/C47H48N4O5S4/c1-5-50(6-2)59(52,53)40-24-22-36(23-25-40)43-33-58-47(49-43)46(37-15-9-8-10-16-37)39-18-13-14-34(30-39)28-29-51(7-3)60(54,55)41-26-20-35(21-27-41)42-32-57-45(48-42)31-38-17-11-12-19-44(38)56-4/h8-27,30,32-33,46H,5-7,28-29,31H2,1-4H3. The molecule has 1 unspecified atom stereocenters. The summed E-state index contributed by atoms with van der Waals surface area (Å²) in [6.07, 6.45) is 1.18. The van der Waals surface area contributed by atoms with Crippen LogP contribution in [0.5, 0.6) is 5.75 Å². The molecule has 60 heavy (non-hydrogen) atoms. The smallest absolute Gasteiger partial charge is 0.243 e. The summed E-state index contributed by atoms with van der Waals surface area (Å²) in [5, 5.41) is 5.86. The van der Waals surface area contributed by atoms with E-state index in [9.17, 15) is 16.8 Å². The summed E-state index contributed by atoms with van der Waals surface area (Å²) in [6.45, 7) is 7.00. The van der Waals surface area contributed by atoms with Crippen molar-refractivity contribution in [3.63, 3.8) is 0 Å². The Kier molecular flexibility index (Phi) is 13.7. The van der Waals surface area contributed by atoms with Crippen molar-refractivity contribution in [3.8, 4) is 28.3 Å². The van der Waals surface area contributed by atoms with E-state index in [2.05, 4.69) is 24.3 Å². The lowest BCUT2D eigenvalue weighted by Crippen LogP contribution is -2.32. The van der Waals surface area contributed by atoms with Crippen molar-refractivity contribution in [2.75, 3.05) is 33.3 Å². The lowest BCUT2D eigenvalue weighted by molar-refractivity contribution is 0.410. The molecule has 9 nitrogen and oxygen atoms in total. The number of rotatable bonds is 18. The largest absolute Gasteiger partial charge is 0.496 e. The molecule has 2 heterocycles. The zero-order valence-corrected chi connectivity index (χ0v) is 37.3. The van der Waals surface area contributed by atoms with Crippen molar-refractivity contribution in [3.05, 3.63) is 170 Å². The van der Waals surface area contributed by atoms with Crippen LogP contribution >= 0.6 is 22.7 Å². The van der Waals surface area contributed by atoms with Crippen LogP contribution in [0.2, 0.25) is 0 Å². The number of likely N-dealkylation sites (N-methyl/N-ethyl adjacent to an activating group) is 1. The van der Waals surface area contributed by atoms with Crippen LogP contribution < -0.4 is 4.74 Å². The van der Waals surface area contributed by atoms with Gasteiger partial charge in [0.25, 0.3) is 0 Å². The maximum atomic E-state index is 14.0. The van der Waals surface area contributed by atoms with Crippen molar-refractivity contribution in [2.24, 2.45) is 0 Å². The highest BCUT2D eigenvalue weighted by Gasteiger charge is 2.26. The van der Waals surface area contributed by atoms with Gasteiger partial charge in [-0.2, -0.15) is 8.61 Å². The van der Waals surface area contributed by atoms with E-state index < -0.39 is 20.0 Å². The van der Waals surface area contributed by atoms with Crippen LogP contribution in [0.3, 0.4) is 0 Å². The molecular formula is C47H48N4O5S4. The summed E-state index contributed by atoms with van der Waals surface area (Å²) in [5.41, 5.74) is 7.49. The van der Waals surface area contributed by atoms with Crippen LogP contribution in [0.1, 0.15) is 59.0 Å². The highest BCUT2D eigenvalue weighted by Crippen LogP contribution is 2.37. The molecule has 0 bridgehead atoms. The minimum atomic E-state index is -3.76. The van der Waals surface area contributed by atoms with E-state index in [0.29, 0.717) is 39.0 Å². The molecule has 0 aliphatic heterocycles. The fourth-order valence-electron chi connectivity index (χ4n) is 7.30. The number of sulfonamides is 2. The average Bonchev–Trinajstić information content (AvgIpc) is 3.96. The van der Waals surface area contributed by atoms with Crippen LogP contribution in [0.15, 0.2) is 148 Å². The topological polar surface area (TPSA) is 110 Å². The zero-order valence-electron chi connectivity index (χ0n) is 34.1. The van der Waals surface area contributed by atoms with Crippen molar-refractivity contribution in [1.82, 2.24) is 18.6 Å². The molecule has 2 aromatic heterocycles. The summed E-state index contributed by atoms with van der Waals surface area (Å²) in [5.74, 6) is 0.665. The maximum Gasteiger partial charge on any atom is 0.243 e. The van der Waals surface area contributed by atoms with Gasteiger partial charge in [0.1, 0.15) is 10.8 Å². The van der Waals surface area contributed by atoms with Crippen LogP contribution in [0, 0.1) is 0 Å². The van der Waals surface area contributed by atoms with Gasteiger partial charge >= 0.3 is 0 Å². The number of para-hydroxylation sites is 1. The molecule has 1 atom stereocenters. The summed E-state index contributed by atoms with van der Waals surface area (Å²) in [7, 11) is -5.66. The number of hydrogen-bond donors (Lipinski definition) is 0. The zero-order chi connectivity index (χ0) is 42.3. The Hall–Kier alpha value is -5.02. The van der Waals surface area contributed by atoms with E-state index in [0.717, 1.165) is 60.5 Å². The maximum absolute atomic E-state index is 14.0. The Morgan fingerprint density at radius 3 is 1.82 bits per heavy atom. The minimum Gasteiger partial charge on any atom is -0.496 e. The fourth-order valence-corrected chi connectivity index (χ4v) is 12.0. The first-order chi connectivity index (χ1) is 29.0. The van der Waals surface area contributed by atoms with E-state index in [-0.39, 0.29) is 15.7 Å². The number of methoxy groups -OCH3 is 1. The Balaban J connectivity index is 1.06. The highest BCUT2D eigenvalue weighted by molar-refractivity contribution is 7.89. The minimum absolute atomic E-state index is 0.160. The van der Waals surface area contributed by atoms with E-state index in [4.69, 9.17) is 14.7 Å². The van der Waals surface area contributed by atoms with Gasteiger partial charge < -0.3 is 4.74 Å². The monoisotopic (exact) mass is 876 g/mol. The molecular weight excluding hydrogens is 829 g/mol. The molecule has 0 amide bonds. The van der Waals surface area contributed by atoms with Crippen molar-refractivity contribution in [1.29, 1.82) is 0 Å². The van der Waals surface area contributed by atoms with Crippen molar-refractivity contribution in [2.45, 2.75) is 49.3 Å². The number of nitrogens with zero attached hydrogens (tertiary/aromatic N) is 4. The summed E-state index contributed by atoms with van der Waals surface area (Å²) in [4.78, 5) is 10.4. The van der Waals surface area contributed by atoms with Gasteiger partial charge in [0.05, 0.1) is 39.2 Å². The molecule has 310 valence electrons. The Morgan fingerprint density at radius 2 is 1.18 bits per heavy atom. The Labute approximate surface area is 362 Å². The van der Waals surface area contributed by atoms with Gasteiger partial charge in [0.15, 0.2) is 0 Å². The Morgan fingerprint density at radius 1 is 0.617 bits per heavy atom. The lowest BCUT2D eigenvalue weighted by Gasteiger charge is -2.21. The lowest BCUT2D eigenvalue weighted by atomic mass is 9.90. The summed E-state index contributed by atoms with van der Waals surface area (Å²) in [6, 6.07) is 40.3. The van der Waals surface area contributed by atoms with E-state index >= 15 is 0 Å². The number of ether oxygens (including phenoxy) is 1. The Bertz CT molecular complexity index is 2730. The second-order valence-electron chi connectivity index (χ2n) is 14.2. The number of aromatic nitrogens is 2. The molecule has 0 spiro atoms. The first-order valence-electron chi connectivity index (χ1n) is 19.9. The van der Waals surface area contributed by atoms with Gasteiger partial charge in [-0.1, -0.05) is 118 Å². The SMILES string of the molecule is CCN(CC)S(=O)(=O)c1ccc(-c2csc(C(c3ccccc3)c3cccc(CCN(CC)S(=O)(=O)c4ccc(-c5csc(Cc6ccccc6OC)n5)cc4)c3)n2)cc1. The molecule has 0 N–H and O–H groups in total. The normalized spacial score (nSPS) is 12.6. The second-order valence-corrected chi connectivity index (χ2v) is 19.9. The van der Waals surface area contributed by atoms with Crippen LogP contribution in [0.25, 0.3) is 22.5 Å². The third kappa shape index (κ3) is 9.46.